The van der Waals surface area contributed by atoms with Gasteiger partial charge in [0.1, 0.15) is 6.04 Å². The smallest absolute Gasteiger partial charge is 0.244 e. The first-order valence-electron chi connectivity index (χ1n) is 13.9. The molecule has 0 spiro atoms. The summed E-state index contributed by atoms with van der Waals surface area (Å²) in [5, 5.41) is 2.97. The minimum absolute atomic E-state index is 0.0677. The molecular formula is C32H39N5O3. The van der Waals surface area contributed by atoms with Gasteiger partial charge in [-0.05, 0) is 42.0 Å². The van der Waals surface area contributed by atoms with Crippen molar-refractivity contribution < 1.29 is 14.4 Å². The molecule has 1 heterocycles. The lowest BCUT2D eigenvalue weighted by Crippen LogP contribution is -2.64. The Hall–Kier alpha value is -4.01. The lowest BCUT2D eigenvalue weighted by molar-refractivity contribution is -0.149. The Bertz CT molecular complexity index is 1270. The summed E-state index contributed by atoms with van der Waals surface area (Å²) < 4.78 is 0. The molecule has 0 aliphatic carbocycles. The van der Waals surface area contributed by atoms with Gasteiger partial charge >= 0.3 is 0 Å². The molecule has 0 radical (unpaired) electrons. The van der Waals surface area contributed by atoms with Crippen molar-refractivity contribution in [3.8, 4) is 0 Å². The van der Waals surface area contributed by atoms with Crippen molar-refractivity contribution in [1.82, 2.24) is 15.1 Å². The van der Waals surface area contributed by atoms with Crippen molar-refractivity contribution >= 4 is 17.7 Å². The monoisotopic (exact) mass is 541 g/mol. The highest BCUT2D eigenvalue weighted by atomic mass is 16.2. The first-order valence-corrected chi connectivity index (χ1v) is 13.9. The van der Waals surface area contributed by atoms with Gasteiger partial charge in [0.15, 0.2) is 0 Å². The Morgan fingerprint density at radius 1 is 0.850 bits per heavy atom. The van der Waals surface area contributed by atoms with Gasteiger partial charge in [-0.2, -0.15) is 0 Å². The van der Waals surface area contributed by atoms with Crippen LogP contribution in [0.15, 0.2) is 84.9 Å². The van der Waals surface area contributed by atoms with Crippen LogP contribution < -0.4 is 16.8 Å². The zero-order valence-electron chi connectivity index (χ0n) is 23.0. The number of rotatable bonds is 10. The minimum atomic E-state index is -0.834. The fraction of sp³-hybridized carbons (Fsp3) is 0.344. The second kappa shape index (κ2) is 13.9. The predicted octanol–water partition coefficient (Wildman–Crippen LogP) is 2.56. The summed E-state index contributed by atoms with van der Waals surface area (Å²) in [6.07, 6.45) is 1.13. The van der Waals surface area contributed by atoms with Gasteiger partial charge < -0.3 is 26.6 Å². The van der Waals surface area contributed by atoms with Crippen molar-refractivity contribution in [2.75, 3.05) is 19.6 Å². The standard InChI is InChI=1S/C32H39N5O3/c1-23(27-10-6-3-7-11-27)31(39)36-18-19-37(32(40)28(34)17-16-24-8-4-2-5-9-24)29(22-36)30(38)35-21-26-14-12-25(20-33)13-15-26/h2-15,23,28-29H,16-22,33-34H2,1H3,(H,35,38). The van der Waals surface area contributed by atoms with Gasteiger partial charge in [-0.3, -0.25) is 14.4 Å². The fourth-order valence-electron chi connectivity index (χ4n) is 5.03. The highest BCUT2D eigenvalue weighted by Gasteiger charge is 2.39. The van der Waals surface area contributed by atoms with Gasteiger partial charge in [0.05, 0.1) is 18.5 Å². The largest absolute Gasteiger partial charge is 0.350 e. The van der Waals surface area contributed by atoms with E-state index in [1.165, 1.54) is 0 Å². The van der Waals surface area contributed by atoms with Crippen molar-refractivity contribution in [2.24, 2.45) is 11.5 Å². The Morgan fingerprint density at radius 3 is 2.12 bits per heavy atom. The number of nitrogens with one attached hydrogen (secondary N) is 1. The Morgan fingerprint density at radius 2 is 1.48 bits per heavy atom. The molecule has 3 aromatic carbocycles. The average Bonchev–Trinajstić information content (AvgIpc) is 3.02. The topological polar surface area (TPSA) is 122 Å². The summed E-state index contributed by atoms with van der Waals surface area (Å²) >= 11 is 0. The van der Waals surface area contributed by atoms with Crippen LogP contribution in [-0.2, 0) is 33.9 Å². The fourth-order valence-corrected chi connectivity index (χ4v) is 5.03. The average molecular weight is 542 g/mol. The van der Waals surface area contributed by atoms with E-state index in [2.05, 4.69) is 5.32 Å². The van der Waals surface area contributed by atoms with Crippen LogP contribution in [0.5, 0.6) is 0 Å². The predicted molar refractivity (Wildman–Crippen MR) is 156 cm³/mol. The number of benzene rings is 3. The minimum Gasteiger partial charge on any atom is -0.350 e. The van der Waals surface area contributed by atoms with Gasteiger partial charge in [-0.1, -0.05) is 84.9 Å². The molecule has 5 N–H and O–H groups in total. The molecule has 0 saturated carbocycles. The first kappa shape index (κ1) is 29.0. The van der Waals surface area contributed by atoms with E-state index >= 15 is 0 Å². The number of piperazine rings is 1. The SMILES string of the molecule is CC(C(=O)N1CCN(C(=O)C(N)CCc2ccccc2)C(C(=O)NCc2ccc(CN)cc2)C1)c1ccccc1. The molecule has 1 aliphatic heterocycles. The normalized spacial score (nSPS) is 16.7. The molecular weight excluding hydrogens is 502 g/mol. The van der Waals surface area contributed by atoms with E-state index in [0.717, 1.165) is 22.3 Å². The molecule has 1 aliphatic rings. The number of nitrogens with zero attached hydrogens (tertiary/aromatic N) is 2. The molecule has 1 fully saturated rings. The molecule has 0 aromatic heterocycles. The van der Waals surface area contributed by atoms with Crippen LogP contribution in [0.4, 0.5) is 0 Å². The third kappa shape index (κ3) is 7.34. The highest BCUT2D eigenvalue weighted by molar-refractivity contribution is 5.91. The van der Waals surface area contributed by atoms with E-state index in [4.69, 9.17) is 11.5 Å². The van der Waals surface area contributed by atoms with Crippen molar-refractivity contribution in [3.05, 3.63) is 107 Å². The summed E-state index contributed by atoms with van der Waals surface area (Å²) in [4.78, 5) is 43.7. The maximum Gasteiger partial charge on any atom is 0.244 e. The van der Waals surface area contributed by atoms with E-state index in [9.17, 15) is 14.4 Å². The van der Waals surface area contributed by atoms with Gasteiger partial charge in [0.25, 0.3) is 0 Å². The van der Waals surface area contributed by atoms with E-state index in [0.29, 0.717) is 32.5 Å². The van der Waals surface area contributed by atoms with Gasteiger partial charge in [0.2, 0.25) is 17.7 Å². The van der Waals surface area contributed by atoms with Crippen LogP contribution in [0.1, 0.15) is 41.5 Å². The number of aryl methyl sites for hydroxylation is 1. The molecule has 3 aromatic rings. The van der Waals surface area contributed by atoms with Crippen LogP contribution in [0.25, 0.3) is 0 Å². The molecule has 8 nitrogen and oxygen atoms in total. The van der Waals surface area contributed by atoms with Crippen molar-refractivity contribution in [1.29, 1.82) is 0 Å². The highest BCUT2D eigenvalue weighted by Crippen LogP contribution is 2.21. The van der Waals surface area contributed by atoms with Gasteiger partial charge in [-0.25, -0.2) is 0 Å². The molecule has 0 bridgehead atoms. The van der Waals surface area contributed by atoms with E-state index < -0.39 is 12.1 Å². The zero-order valence-corrected chi connectivity index (χ0v) is 23.0. The van der Waals surface area contributed by atoms with Crippen LogP contribution >= 0.6 is 0 Å². The number of nitrogens with two attached hydrogens (primary N) is 2. The van der Waals surface area contributed by atoms with E-state index in [1.54, 1.807) is 9.80 Å². The summed E-state index contributed by atoms with van der Waals surface area (Å²) in [5.41, 5.74) is 16.0. The molecule has 8 heteroatoms. The van der Waals surface area contributed by atoms with Crippen LogP contribution in [0, 0.1) is 0 Å². The molecule has 3 unspecified atom stereocenters. The van der Waals surface area contributed by atoms with Gasteiger partial charge in [-0.15, -0.1) is 0 Å². The second-order valence-electron chi connectivity index (χ2n) is 10.3. The van der Waals surface area contributed by atoms with E-state index in [-0.39, 0.29) is 36.7 Å². The summed E-state index contributed by atoms with van der Waals surface area (Å²) in [7, 11) is 0. The maximum absolute atomic E-state index is 13.5. The van der Waals surface area contributed by atoms with Crippen LogP contribution in [0.2, 0.25) is 0 Å². The Balaban J connectivity index is 1.47. The summed E-state index contributed by atoms with van der Waals surface area (Å²) in [5.74, 6) is -1.01. The third-order valence-electron chi connectivity index (χ3n) is 7.58. The maximum atomic E-state index is 13.5. The Labute approximate surface area is 236 Å². The molecule has 210 valence electrons. The Kier molecular flexibility index (Phi) is 10.0. The first-order chi connectivity index (χ1) is 19.4. The third-order valence-corrected chi connectivity index (χ3v) is 7.58. The van der Waals surface area contributed by atoms with Crippen LogP contribution in [0.3, 0.4) is 0 Å². The number of hydrogen-bond acceptors (Lipinski definition) is 5. The summed E-state index contributed by atoms with van der Waals surface area (Å²) in [6.45, 7) is 3.32. The molecule has 3 amide bonds. The zero-order chi connectivity index (χ0) is 28.5. The second-order valence-corrected chi connectivity index (χ2v) is 10.3. The summed E-state index contributed by atoms with van der Waals surface area (Å²) in [6, 6.07) is 25.6. The molecule has 3 atom stereocenters. The van der Waals surface area contributed by atoms with Crippen LogP contribution in [-0.4, -0.2) is 59.2 Å². The van der Waals surface area contributed by atoms with E-state index in [1.807, 2.05) is 91.9 Å². The number of amides is 3. The lowest BCUT2D eigenvalue weighted by Gasteiger charge is -2.42. The molecule has 40 heavy (non-hydrogen) atoms. The quantitative estimate of drug-likeness (QED) is 0.364. The van der Waals surface area contributed by atoms with Crippen molar-refractivity contribution in [3.63, 3.8) is 0 Å². The lowest BCUT2D eigenvalue weighted by atomic mass is 9.98. The number of carbonyl (C=O) groups is 3. The molecule has 1 saturated heterocycles. The number of hydrogen-bond donors (Lipinski definition) is 3. The van der Waals surface area contributed by atoms with Crippen molar-refractivity contribution in [2.45, 2.75) is 50.9 Å². The molecule has 4 rings (SSSR count). The number of carbonyl (C=O) groups excluding carboxylic acids is 3. The van der Waals surface area contributed by atoms with Gasteiger partial charge in [0, 0.05) is 26.2 Å².